The zero-order valence-corrected chi connectivity index (χ0v) is 9.02. The van der Waals surface area contributed by atoms with Crippen LogP contribution in [0.2, 0.25) is 0 Å². The molecule has 2 rings (SSSR count). The highest BCUT2D eigenvalue weighted by atomic mass is 16.4. The number of aliphatic imine (C=N–C) groups is 1. The number of aryl methyl sites for hydroxylation is 1. The summed E-state index contributed by atoms with van der Waals surface area (Å²) in [7, 11) is 0. The maximum Gasteiger partial charge on any atom is 0.319 e. The molecule has 0 amide bonds. The van der Waals surface area contributed by atoms with Crippen LogP contribution in [0.25, 0.3) is 0 Å². The number of rotatable bonds is 1. The number of Topliss-reactive ketones (excluding diaryl/α,β-unsaturated/α-hetero) is 1. The van der Waals surface area contributed by atoms with Gasteiger partial charge in [-0.1, -0.05) is 6.07 Å². The van der Waals surface area contributed by atoms with Gasteiger partial charge in [-0.15, -0.1) is 0 Å². The zero-order chi connectivity index (χ0) is 11.9. The number of carboxylic acid groups (broad SMARTS) is 1. The van der Waals surface area contributed by atoms with E-state index in [0.29, 0.717) is 11.3 Å². The smallest absolute Gasteiger partial charge is 0.319 e. The van der Waals surface area contributed by atoms with Gasteiger partial charge in [0.2, 0.25) is 0 Å². The zero-order valence-electron chi connectivity index (χ0n) is 9.02. The Hall–Kier alpha value is -1.97. The molecule has 0 fully saturated rings. The van der Waals surface area contributed by atoms with E-state index in [1.54, 1.807) is 6.07 Å². The second-order valence-electron chi connectivity index (χ2n) is 3.86. The van der Waals surface area contributed by atoms with Crippen molar-refractivity contribution < 1.29 is 14.7 Å². The Labute approximate surface area is 92.6 Å². The number of hydrogen-bond acceptors (Lipinski definition) is 3. The van der Waals surface area contributed by atoms with Gasteiger partial charge in [-0.25, -0.2) is 0 Å². The Morgan fingerprint density at radius 3 is 2.69 bits per heavy atom. The molecule has 82 valence electrons. The number of ketones is 1. The van der Waals surface area contributed by atoms with Crippen molar-refractivity contribution in [1.82, 2.24) is 0 Å². The monoisotopic (exact) mass is 217 g/mol. The highest BCUT2D eigenvalue weighted by Crippen LogP contribution is 2.31. The van der Waals surface area contributed by atoms with Crippen LogP contribution in [0, 0.1) is 19.8 Å². The Kier molecular flexibility index (Phi) is 2.34. The fourth-order valence-corrected chi connectivity index (χ4v) is 1.73. The predicted octanol–water partition coefficient (Wildman–Crippen LogP) is 1.90. The molecule has 0 spiro atoms. The summed E-state index contributed by atoms with van der Waals surface area (Å²) in [6, 6.07) is 3.46. The molecule has 1 unspecified atom stereocenters. The van der Waals surface area contributed by atoms with Crippen molar-refractivity contribution in [1.29, 1.82) is 0 Å². The normalized spacial score (nSPS) is 18.4. The van der Waals surface area contributed by atoms with E-state index in [1.807, 2.05) is 19.9 Å². The molecule has 1 N–H and O–H groups in total. The molecule has 1 atom stereocenters. The van der Waals surface area contributed by atoms with Crippen molar-refractivity contribution in [2.75, 3.05) is 0 Å². The molecular weight excluding hydrogens is 206 g/mol. The second kappa shape index (κ2) is 3.56. The van der Waals surface area contributed by atoms with E-state index >= 15 is 0 Å². The largest absolute Gasteiger partial charge is 0.480 e. The molecule has 0 saturated carbocycles. The first kappa shape index (κ1) is 10.5. The lowest BCUT2D eigenvalue weighted by molar-refractivity contribution is -0.137. The summed E-state index contributed by atoms with van der Waals surface area (Å²) in [6.45, 7) is 3.80. The third-order valence-corrected chi connectivity index (χ3v) is 2.87. The fraction of sp³-hybridized carbons (Fsp3) is 0.250. The molecule has 0 radical (unpaired) electrons. The highest BCUT2D eigenvalue weighted by molar-refractivity contribution is 6.22. The fourth-order valence-electron chi connectivity index (χ4n) is 1.73. The van der Waals surface area contributed by atoms with E-state index in [0.717, 1.165) is 11.1 Å². The van der Waals surface area contributed by atoms with Gasteiger partial charge in [0.15, 0.2) is 11.7 Å². The number of carbonyl (C=O) groups excluding carboxylic acids is 1. The maximum absolute atomic E-state index is 11.8. The number of carboxylic acids is 1. The topological polar surface area (TPSA) is 66.7 Å². The van der Waals surface area contributed by atoms with Gasteiger partial charge in [-0.2, -0.15) is 0 Å². The van der Waals surface area contributed by atoms with Crippen molar-refractivity contribution in [3.05, 3.63) is 28.8 Å². The van der Waals surface area contributed by atoms with E-state index < -0.39 is 11.9 Å². The van der Waals surface area contributed by atoms with Crippen LogP contribution >= 0.6 is 0 Å². The van der Waals surface area contributed by atoms with E-state index in [2.05, 4.69) is 4.99 Å². The molecule has 4 nitrogen and oxygen atoms in total. The molecule has 1 aliphatic rings. The molecular formula is C12H11NO3. The Morgan fingerprint density at radius 1 is 1.38 bits per heavy atom. The Bertz CT molecular complexity index is 517. The van der Waals surface area contributed by atoms with Crippen molar-refractivity contribution in [2.24, 2.45) is 10.9 Å². The number of hydrogen-bond donors (Lipinski definition) is 1. The predicted molar refractivity (Wildman–Crippen MR) is 59.5 cm³/mol. The average molecular weight is 217 g/mol. The summed E-state index contributed by atoms with van der Waals surface area (Å²) in [5.74, 6) is -2.69. The van der Waals surface area contributed by atoms with Gasteiger partial charge in [0, 0.05) is 11.8 Å². The summed E-state index contributed by atoms with van der Waals surface area (Å²) < 4.78 is 0. The van der Waals surface area contributed by atoms with Gasteiger partial charge in [-0.05, 0) is 31.0 Å². The second-order valence-corrected chi connectivity index (χ2v) is 3.86. The molecule has 1 aliphatic heterocycles. The average Bonchev–Trinajstić information content (AvgIpc) is 2.23. The van der Waals surface area contributed by atoms with Gasteiger partial charge in [0.1, 0.15) is 0 Å². The van der Waals surface area contributed by atoms with Crippen LogP contribution in [-0.4, -0.2) is 23.1 Å². The SMILES string of the molecule is Cc1ccc2c(c1C)N=CC(C(=O)O)C2=O. The van der Waals surface area contributed by atoms with Crippen LogP contribution in [0.1, 0.15) is 21.5 Å². The van der Waals surface area contributed by atoms with Gasteiger partial charge in [0.05, 0.1) is 5.69 Å². The van der Waals surface area contributed by atoms with Crippen LogP contribution in [-0.2, 0) is 4.79 Å². The minimum atomic E-state index is -1.15. The standard InChI is InChI=1S/C12H11NO3/c1-6-3-4-8-10(7(6)2)13-5-9(11(8)14)12(15)16/h3-5,9H,1-2H3,(H,15,16). The number of fused-ring (bicyclic) bond motifs is 1. The summed E-state index contributed by atoms with van der Waals surface area (Å²) >= 11 is 0. The van der Waals surface area contributed by atoms with Gasteiger partial charge in [0.25, 0.3) is 0 Å². The molecule has 16 heavy (non-hydrogen) atoms. The quantitative estimate of drug-likeness (QED) is 0.730. The van der Waals surface area contributed by atoms with E-state index in [9.17, 15) is 9.59 Å². The number of carbonyl (C=O) groups is 2. The first-order valence-electron chi connectivity index (χ1n) is 4.94. The van der Waals surface area contributed by atoms with Crippen LogP contribution in [0.15, 0.2) is 17.1 Å². The first-order valence-corrected chi connectivity index (χ1v) is 4.94. The summed E-state index contributed by atoms with van der Waals surface area (Å²) in [4.78, 5) is 26.7. The molecule has 4 heteroatoms. The summed E-state index contributed by atoms with van der Waals surface area (Å²) in [5, 5.41) is 8.85. The third kappa shape index (κ3) is 1.43. The minimum absolute atomic E-state index is 0.388. The number of benzene rings is 1. The van der Waals surface area contributed by atoms with E-state index in [1.165, 1.54) is 6.21 Å². The maximum atomic E-state index is 11.8. The lowest BCUT2D eigenvalue weighted by Crippen LogP contribution is -2.27. The molecule has 1 aromatic rings. The van der Waals surface area contributed by atoms with Gasteiger partial charge >= 0.3 is 5.97 Å². The van der Waals surface area contributed by atoms with E-state index in [-0.39, 0.29) is 5.78 Å². The third-order valence-electron chi connectivity index (χ3n) is 2.87. The van der Waals surface area contributed by atoms with Crippen molar-refractivity contribution in [3.8, 4) is 0 Å². The number of nitrogens with zero attached hydrogens (tertiary/aromatic N) is 1. The molecule has 1 aromatic carbocycles. The first-order chi connectivity index (χ1) is 7.52. The molecule has 0 bridgehead atoms. The summed E-state index contributed by atoms with van der Waals surface area (Å²) in [6.07, 6.45) is 1.21. The lowest BCUT2D eigenvalue weighted by Gasteiger charge is -2.16. The molecule has 0 saturated heterocycles. The molecule has 0 aliphatic carbocycles. The van der Waals surface area contributed by atoms with Crippen molar-refractivity contribution in [2.45, 2.75) is 13.8 Å². The molecule has 1 heterocycles. The van der Waals surface area contributed by atoms with E-state index in [4.69, 9.17) is 5.11 Å². The minimum Gasteiger partial charge on any atom is -0.480 e. The van der Waals surface area contributed by atoms with Crippen LogP contribution < -0.4 is 0 Å². The van der Waals surface area contributed by atoms with Gasteiger partial charge in [-0.3, -0.25) is 14.6 Å². The lowest BCUT2D eigenvalue weighted by atomic mass is 9.91. The Morgan fingerprint density at radius 2 is 2.06 bits per heavy atom. The van der Waals surface area contributed by atoms with Crippen LogP contribution in [0.3, 0.4) is 0 Å². The van der Waals surface area contributed by atoms with Crippen molar-refractivity contribution in [3.63, 3.8) is 0 Å². The summed E-state index contributed by atoms with van der Waals surface area (Å²) in [5.41, 5.74) is 2.96. The van der Waals surface area contributed by atoms with Crippen LogP contribution in [0.5, 0.6) is 0 Å². The molecule has 0 aromatic heterocycles. The number of aliphatic carboxylic acids is 1. The highest BCUT2D eigenvalue weighted by Gasteiger charge is 2.31. The Balaban J connectivity index is 2.59. The van der Waals surface area contributed by atoms with Crippen molar-refractivity contribution >= 4 is 23.7 Å². The van der Waals surface area contributed by atoms with Gasteiger partial charge < -0.3 is 5.11 Å². The van der Waals surface area contributed by atoms with Crippen LogP contribution in [0.4, 0.5) is 5.69 Å².